The molecule has 0 bridgehead atoms. The Hall–Kier alpha value is -2.14. The number of ether oxygens (including phenoxy) is 1. The number of hydrogen-bond donors (Lipinski definition) is 2. The molecule has 0 aliphatic carbocycles. The molecule has 1 aromatic rings. The lowest BCUT2D eigenvalue weighted by Gasteiger charge is -2.09. The number of phenolic OH excluding ortho intramolecular Hbond substituents is 1. The first kappa shape index (κ1) is 21.9. The second-order valence-electron chi connectivity index (χ2n) is 6.71. The van der Waals surface area contributed by atoms with E-state index in [0.717, 1.165) is 37.8 Å². The summed E-state index contributed by atoms with van der Waals surface area (Å²) in [6.45, 7) is 3.24. The first-order valence-corrected chi connectivity index (χ1v) is 9.20. The Morgan fingerprint density at radius 2 is 2.04 bits per heavy atom. The highest BCUT2D eigenvalue weighted by atomic mass is 16.5. The number of ketones is 2. The maximum absolute atomic E-state index is 11.9. The van der Waals surface area contributed by atoms with Crippen LogP contribution in [-0.4, -0.2) is 37.4 Å². The number of benzene rings is 1. The molecule has 0 aliphatic heterocycles. The van der Waals surface area contributed by atoms with E-state index in [1.54, 1.807) is 18.2 Å². The van der Waals surface area contributed by atoms with E-state index in [1.165, 1.54) is 19.3 Å². The second kappa shape index (κ2) is 12.3. The predicted octanol–water partition coefficient (Wildman–Crippen LogP) is 3.75. The van der Waals surface area contributed by atoms with Crippen LogP contribution in [0.1, 0.15) is 51.0 Å². The highest BCUT2D eigenvalue weighted by Crippen LogP contribution is 2.26. The smallest absolute Gasteiger partial charge is 0.163 e. The van der Waals surface area contributed by atoms with E-state index in [4.69, 9.17) is 4.74 Å². The second-order valence-corrected chi connectivity index (χ2v) is 6.71. The van der Waals surface area contributed by atoms with Crippen molar-refractivity contribution in [1.82, 2.24) is 5.32 Å². The molecule has 1 aromatic carbocycles. The van der Waals surface area contributed by atoms with Crippen LogP contribution in [0, 0.1) is 5.92 Å². The Morgan fingerprint density at radius 3 is 2.73 bits per heavy atom. The van der Waals surface area contributed by atoms with Crippen LogP contribution in [0.2, 0.25) is 0 Å². The van der Waals surface area contributed by atoms with E-state index in [-0.39, 0.29) is 23.7 Å². The number of phenols is 1. The summed E-state index contributed by atoms with van der Waals surface area (Å²) in [5.41, 5.74) is 0.733. The number of rotatable bonds is 13. The molecule has 0 aliphatic rings. The summed E-state index contributed by atoms with van der Waals surface area (Å²) in [5, 5.41) is 12.7. The van der Waals surface area contributed by atoms with E-state index in [0.29, 0.717) is 18.1 Å². The molecule has 1 unspecified atom stereocenters. The summed E-state index contributed by atoms with van der Waals surface area (Å²) in [4.78, 5) is 23.8. The number of hydrogen-bond acceptors (Lipinski definition) is 5. The highest BCUT2D eigenvalue weighted by Gasteiger charge is 2.08. The Balaban J connectivity index is 2.29. The molecule has 0 aromatic heterocycles. The van der Waals surface area contributed by atoms with Crippen LogP contribution >= 0.6 is 0 Å². The lowest BCUT2D eigenvalue weighted by Crippen LogP contribution is -2.15. The van der Waals surface area contributed by atoms with Crippen molar-refractivity contribution in [2.75, 3.05) is 20.7 Å². The van der Waals surface area contributed by atoms with Gasteiger partial charge in [0.2, 0.25) is 0 Å². The van der Waals surface area contributed by atoms with Crippen LogP contribution in [0.4, 0.5) is 0 Å². The van der Waals surface area contributed by atoms with Crippen LogP contribution in [0.15, 0.2) is 24.3 Å². The van der Waals surface area contributed by atoms with Gasteiger partial charge < -0.3 is 15.2 Å². The van der Waals surface area contributed by atoms with Crippen LogP contribution in [-0.2, 0) is 9.59 Å². The van der Waals surface area contributed by atoms with Crippen molar-refractivity contribution in [3.8, 4) is 11.5 Å². The number of aromatic hydroxyl groups is 1. The molecular weight excluding hydrogens is 330 g/mol. The molecule has 0 radical (unpaired) electrons. The summed E-state index contributed by atoms with van der Waals surface area (Å²) < 4.78 is 5.02. The molecule has 0 saturated carbocycles. The van der Waals surface area contributed by atoms with Gasteiger partial charge >= 0.3 is 0 Å². The van der Waals surface area contributed by atoms with Gasteiger partial charge in [-0.05, 0) is 56.1 Å². The Labute approximate surface area is 156 Å². The van der Waals surface area contributed by atoms with Gasteiger partial charge in [0.05, 0.1) is 13.5 Å². The average Bonchev–Trinajstić information content (AvgIpc) is 2.61. The predicted molar refractivity (Wildman–Crippen MR) is 104 cm³/mol. The first-order chi connectivity index (χ1) is 12.5. The van der Waals surface area contributed by atoms with Gasteiger partial charge in [0.1, 0.15) is 5.78 Å². The van der Waals surface area contributed by atoms with E-state index < -0.39 is 0 Å². The van der Waals surface area contributed by atoms with Crippen molar-refractivity contribution in [2.45, 2.75) is 45.4 Å². The normalized spacial score (nSPS) is 12.3. The molecule has 0 heterocycles. The van der Waals surface area contributed by atoms with Crippen molar-refractivity contribution in [1.29, 1.82) is 0 Å². The van der Waals surface area contributed by atoms with Gasteiger partial charge in [0.25, 0.3) is 0 Å². The van der Waals surface area contributed by atoms with Crippen molar-refractivity contribution >= 4 is 17.6 Å². The van der Waals surface area contributed by atoms with Gasteiger partial charge in [-0.1, -0.05) is 31.9 Å². The quantitative estimate of drug-likeness (QED) is 0.318. The molecule has 2 N–H and O–H groups in total. The topological polar surface area (TPSA) is 75.6 Å². The van der Waals surface area contributed by atoms with Gasteiger partial charge in [-0.2, -0.15) is 0 Å². The van der Waals surface area contributed by atoms with Crippen molar-refractivity contribution in [2.24, 2.45) is 5.92 Å². The van der Waals surface area contributed by atoms with Gasteiger partial charge in [-0.25, -0.2) is 0 Å². The summed E-state index contributed by atoms with van der Waals surface area (Å²) in [6.07, 6.45) is 7.59. The third kappa shape index (κ3) is 8.81. The molecule has 0 fully saturated rings. The third-order valence-electron chi connectivity index (χ3n) is 4.24. The van der Waals surface area contributed by atoms with Crippen LogP contribution in [0.3, 0.4) is 0 Å². The number of nitrogens with one attached hydrogen (secondary N) is 1. The zero-order valence-corrected chi connectivity index (χ0v) is 16.1. The maximum Gasteiger partial charge on any atom is 0.163 e. The lowest BCUT2D eigenvalue weighted by atomic mass is 10.0. The summed E-state index contributed by atoms with van der Waals surface area (Å²) >= 11 is 0. The number of Topliss-reactive ketones (excluding diaryl/α,β-unsaturated/α-hetero) is 1. The molecule has 1 atom stereocenters. The minimum Gasteiger partial charge on any atom is -0.504 e. The van der Waals surface area contributed by atoms with Gasteiger partial charge in [0.15, 0.2) is 17.3 Å². The number of carbonyl (C=O) groups excluding carboxylic acids is 2. The minimum atomic E-state index is -0.204. The number of methoxy groups -OCH3 is 1. The maximum atomic E-state index is 11.9. The molecule has 0 saturated heterocycles. The van der Waals surface area contributed by atoms with Gasteiger partial charge in [-0.15, -0.1) is 0 Å². The average molecular weight is 361 g/mol. The summed E-state index contributed by atoms with van der Waals surface area (Å²) in [5.74, 6) is 0.836. The zero-order valence-electron chi connectivity index (χ0n) is 16.1. The van der Waals surface area contributed by atoms with Crippen molar-refractivity contribution in [3.05, 3.63) is 29.8 Å². The molecule has 1 rings (SSSR count). The fourth-order valence-electron chi connectivity index (χ4n) is 2.77. The Kier molecular flexibility index (Phi) is 10.3. The largest absolute Gasteiger partial charge is 0.504 e. The van der Waals surface area contributed by atoms with Gasteiger partial charge in [-0.3, -0.25) is 9.59 Å². The zero-order chi connectivity index (χ0) is 19.4. The monoisotopic (exact) mass is 361 g/mol. The van der Waals surface area contributed by atoms with Crippen LogP contribution < -0.4 is 10.1 Å². The SMILES string of the molecule is CNCC(C)CCCCCC(=O)CC(=O)C=Cc1ccc(O)c(OC)c1. The standard InChI is InChI=1S/C21H31NO4/c1-16(15-22-2)7-5-4-6-8-18(23)14-19(24)11-9-17-10-12-20(25)21(13-17)26-3/h9-13,16,22,25H,4-8,14-15H2,1-3H3. The summed E-state index contributed by atoms with van der Waals surface area (Å²) in [6, 6.07) is 4.82. The highest BCUT2D eigenvalue weighted by molar-refractivity contribution is 6.06. The van der Waals surface area contributed by atoms with Crippen LogP contribution in [0.25, 0.3) is 6.08 Å². The fraction of sp³-hybridized carbons (Fsp3) is 0.524. The van der Waals surface area contributed by atoms with Crippen molar-refractivity contribution < 1.29 is 19.4 Å². The minimum absolute atomic E-state index is 0.00814. The molecule has 5 heteroatoms. The Bertz CT molecular complexity index is 610. The molecule has 144 valence electrons. The molecular formula is C21H31NO4. The first-order valence-electron chi connectivity index (χ1n) is 9.20. The van der Waals surface area contributed by atoms with E-state index in [2.05, 4.69) is 12.2 Å². The fourth-order valence-corrected chi connectivity index (χ4v) is 2.77. The number of unbranched alkanes of at least 4 members (excludes halogenated alkanes) is 2. The molecule has 0 amide bonds. The molecule has 5 nitrogen and oxygen atoms in total. The van der Waals surface area contributed by atoms with Crippen LogP contribution in [0.5, 0.6) is 11.5 Å². The molecule has 26 heavy (non-hydrogen) atoms. The number of carbonyl (C=O) groups is 2. The lowest BCUT2D eigenvalue weighted by molar-refractivity contribution is -0.124. The Morgan fingerprint density at radius 1 is 1.27 bits per heavy atom. The van der Waals surface area contributed by atoms with Crippen molar-refractivity contribution in [3.63, 3.8) is 0 Å². The molecule has 0 spiro atoms. The van der Waals surface area contributed by atoms with E-state index in [9.17, 15) is 14.7 Å². The van der Waals surface area contributed by atoms with E-state index in [1.807, 2.05) is 7.05 Å². The number of allylic oxidation sites excluding steroid dienone is 1. The van der Waals surface area contributed by atoms with Gasteiger partial charge in [0, 0.05) is 6.42 Å². The third-order valence-corrected chi connectivity index (χ3v) is 4.24. The van der Waals surface area contributed by atoms with E-state index >= 15 is 0 Å². The summed E-state index contributed by atoms with van der Waals surface area (Å²) in [7, 11) is 3.42.